The van der Waals surface area contributed by atoms with Crippen LogP contribution < -0.4 is 0 Å². The van der Waals surface area contributed by atoms with E-state index in [2.05, 4.69) is 63.1 Å². The summed E-state index contributed by atoms with van der Waals surface area (Å²) in [4.78, 5) is 16.3. The van der Waals surface area contributed by atoms with Crippen LogP contribution in [-0.2, 0) is 10.7 Å². The Labute approximate surface area is 257 Å². The van der Waals surface area contributed by atoms with Crippen LogP contribution in [0.15, 0.2) is 155 Å². The lowest BCUT2D eigenvalue weighted by Crippen LogP contribution is -2.07. The second-order valence-corrected chi connectivity index (χ2v) is 11.9. The van der Waals surface area contributed by atoms with E-state index in [-0.39, 0.29) is 0 Å². The summed E-state index contributed by atoms with van der Waals surface area (Å²) in [6.07, 6.45) is 7.81. The third kappa shape index (κ3) is 6.42. The summed E-state index contributed by atoms with van der Waals surface area (Å²) >= 11 is 0. The van der Waals surface area contributed by atoms with Crippen molar-refractivity contribution in [1.82, 2.24) is 15.0 Å². The molecule has 43 heavy (non-hydrogen) atoms. The van der Waals surface area contributed by atoms with E-state index >= 15 is 0 Å². The van der Waals surface area contributed by atoms with Crippen molar-refractivity contribution in [3.05, 3.63) is 173 Å². The summed E-state index contributed by atoms with van der Waals surface area (Å²) in [6, 6.07) is 30.6. The molecule has 5 rings (SSSR count). The van der Waals surface area contributed by atoms with Crippen LogP contribution in [0.25, 0.3) is 33.8 Å². The van der Waals surface area contributed by atoms with Gasteiger partial charge in [-0.1, -0.05) is 129 Å². The van der Waals surface area contributed by atoms with Crippen molar-refractivity contribution in [1.29, 1.82) is 0 Å². The molecule has 0 N–H and O–H groups in total. The monoisotopic (exact) mass is 578 g/mol. The maximum atomic E-state index is 5.35. The molecule has 1 unspecified atom stereocenters. The van der Waals surface area contributed by atoms with Gasteiger partial charge in [-0.3, -0.25) is 0 Å². The fourth-order valence-corrected chi connectivity index (χ4v) is 6.56. The number of hydrogen-bond donors (Lipinski definition) is 0. The molecular formula is C38H34N4S. The van der Waals surface area contributed by atoms with E-state index in [1.807, 2.05) is 92.7 Å². The zero-order chi connectivity index (χ0) is 30.3. The van der Waals surface area contributed by atoms with Gasteiger partial charge in [0.1, 0.15) is 0 Å². The van der Waals surface area contributed by atoms with Crippen molar-refractivity contribution >= 4 is 33.1 Å². The fourth-order valence-electron chi connectivity index (χ4n) is 4.85. The molecule has 1 aliphatic rings. The van der Waals surface area contributed by atoms with Gasteiger partial charge in [-0.15, -0.1) is 0 Å². The third-order valence-electron chi connectivity index (χ3n) is 6.97. The Hall–Kier alpha value is -5.00. The molecule has 212 valence electrons. The van der Waals surface area contributed by atoms with Crippen LogP contribution in [0.2, 0.25) is 0 Å². The van der Waals surface area contributed by atoms with Crippen molar-refractivity contribution in [2.75, 3.05) is 0 Å². The van der Waals surface area contributed by atoms with Gasteiger partial charge in [-0.05, 0) is 54.2 Å². The largest absolute Gasteiger partial charge is 0.218 e. The molecule has 1 aromatic heterocycles. The minimum Gasteiger partial charge on any atom is -0.218 e. The Balaban J connectivity index is 1.63. The van der Waals surface area contributed by atoms with E-state index in [4.69, 9.17) is 19.3 Å². The SMILES string of the molecule is C=CC1=C(C)S(C(=C)/C=C(\C)c2nc(C(=C)/C=C\C)nc(-c3ccccc3)n2)=NC(c2ccccc2)=C1c1ccccc1. The molecule has 4 aromatic rings. The molecule has 0 saturated carbocycles. The topological polar surface area (TPSA) is 51.0 Å². The average Bonchev–Trinajstić information content (AvgIpc) is 3.05. The molecule has 0 saturated heterocycles. The van der Waals surface area contributed by atoms with Gasteiger partial charge < -0.3 is 0 Å². The van der Waals surface area contributed by atoms with Crippen molar-refractivity contribution < 1.29 is 0 Å². The van der Waals surface area contributed by atoms with Gasteiger partial charge in [0.05, 0.1) is 5.70 Å². The normalized spacial score (nSPS) is 15.4. The second kappa shape index (κ2) is 13.3. The van der Waals surface area contributed by atoms with Gasteiger partial charge in [-0.25, -0.2) is 19.3 Å². The molecule has 2 heterocycles. The van der Waals surface area contributed by atoms with Gasteiger partial charge >= 0.3 is 0 Å². The van der Waals surface area contributed by atoms with Crippen molar-refractivity contribution in [2.24, 2.45) is 4.36 Å². The van der Waals surface area contributed by atoms with E-state index in [1.165, 1.54) is 0 Å². The maximum absolute atomic E-state index is 5.35. The van der Waals surface area contributed by atoms with Gasteiger partial charge in [0.2, 0.25) is 0 Å². The van der Waals surface area contributed by atoms with E-state index in [0.717, 1.165) is 54.5 Å². The smallest absolute Gasteiger partial charge is 0.164 e. The number of allylic oxidation sites excluding steroid dienone is 9. The summed E-state index contributed by atoms with van der Waals surface area (Å²) in [5.41, 5.74) is 7.74. The van der Waals surface area contributed by atoms with Crippen molar-refractivity contribution in [2.45, 2.75) is 20.8 Å². The molecule has 0 aliphatic carbocycles. The molecule has 0 radical (unpaired) electrons. The van der Waals surface area contributed by atoms with Crippen LogP contribution in [0.5, 0.6) is 0 Å². The molecule has 0 spiro atoms. The summed E-state index contributed by atoms with van der Waals surface area (Å²) in [6.45, 7) is 19.0. The summed E-state index contributed by atoms with van der Waals surface area (Å²) in [5, 5.41) is 0. The van der Waals surface area contributed by atoms with Gasteiger partial charge in [-0.2, -0.15) is 0 Å². The lowest BCUT2D eigenvalue weighted by molar-refractivity contribution is 0.999. The number of aromatic nitrogens is 3. The number of nitrogens with zero attached hydrogens (tertiary/aromatic N) is 4. The molecule has 1 aliphatic heterocycles. The second-order valence-electron chi connectivity index (χ2n) is 10.00. The predicted molar refractivity (Wildman–Crippen MR) is 184 cm³/mol. The minimum atomic E-state index is -0.637. The van der Waals surface area contributed by atoms with Gasteiger partial charge in [0, 0.05) is 32.1 Å². The predicted octanol–water partition coefficient (Wildman–Crippen LogP) is 9.89. The van der Waals surface area contributed by atoms with Crippen LogP contribution in [0.1, 0.15) is 43.5 Å². The van der Waals surface area contributed by atoms with Gasteiger partial charge in [0.15, 0.2) is 17.5 Å². The highest BCUT2D eigenvalue weighted by atomic mass is 32.2. The highest BCUT2D eigenvalue weighted by Crippen LogP contribution is 2.42. The highest BCUT2D eigenvalue weighted by molar-refractivity contribution is 7.95. The summed E-state index contributed by atoms with van der Waals surface area (Å²) < 4.78 is 5.35. The number of rotatable bonds is 9. The first-order chi connectivity index (χ1) is 20.9. The van der Waals surface area contributed by atoms with E-state index in [0.29, 0.717) is 17.5 Å². The summed E-state index contributed by atoms with van der Waals surface area (Å²) in [5.74, 6) is 1.71. The minimum absolute atomic E-state index is 0.539. The quantitative estimate of drug-likeness (QED) is 0.186. The first-order valence-corrected chi connectivity index (χ1v) is 15.3. The molecule has 0 fully saturated rings. The van der Waals surface area contributed by atoms with E-state index < -0.39 is 10.7 Å². The van der Waals surface area contributed by atoms with E-state index in [9.17, 15) is 0 Å². The van der Waals surface area contributed by atoms with Crippen molar-refractivity contribution in [3.8, 4) is 11.4 Å². The average molecular weight is 579 g/mol. The Bertz CT molecular complexity index is 1860. The molecule has 4 nitrogen and oxygen atoms in total. The number of benzene rings is 3. The Morgan fingerprint density at radius 1 is 0.744 bits per heavy atom. The molecule has 3 aromatic carbocycles. The van der Waals surface area contributed by atoms with E-state index in [1.54, 1.807) is 0 Å². The zero-order valence-corrected chi connectivity index (χ0v) is 25.6. The molecule has 0 amide bonds. The molecule has 1 atom stereocenters. The first kappa shape index (κ1) is 29.5. The molecule has 0 bridgehead atoms. The zero-order valence-electron chi connectivity index (χ0n) is 24.8. The number of hydrogen-bond acceptors (Lipinski definition) is 4. The lowest BCUT2D eigenvalue weighted by atomic mass is 9.93. The Morgan fingerprint density at radius 3 is 1.88 bits per heavy atom. The molecule has 5 heteroatoms. The summed E-state index contributed by atoms with van der Waals surface area (Å²) in [7, 11) is -0.637. The van der Waals surface area contributed by atoms with Crippen LogP contribution in [0.3, 0.4) is 0 Å². The van der Waals surface area contributed by atoms with Crippen LogP contribution in [0.4, 0.5) is 0 Å². The molecular weight excluding hydrogens is 545 g/mol. The maximum Gasteiger partial charge on any atom is 0.164 e. The third-order valence-corrected chi connectivity index (χ3v) is 8.75. The van der Waals surface area contributed by atoms with Crippen molar-refractivity contribution in [3.63, 3.8) is 0 Å². The fraction of sp³-hybridized carbons (Fsp3) is 0.0789. The Kier molecular flexibility index (Phi) is 9.14. The standard InChI is InChI=1S/C38H34N4S/c1-7-18-26(3)36-39-37(41-38(40-36)32-23-16-11-17-24-32)27(4)25-28(5)43-29(6)33(8-2)34(30-19-12-9-13-20-30)35(42-43)31-21-14-10-15-22-31/h7-25H,2-3,5H2,1,4,6H3/b18-7-,27-25+. The lowest BCUT2D eigenvalue weighted by Gasteiger charge is -2.24. The highest BCUT2D eigenvalue weighted by Gasteiger charge is 2.23. The first-order valence-electron chi connectivity index (χ1n) is 14.1. The van der Waals surface area contributed by atoms with Crippen LogP contribution >= 0.6 is 0 Å². The Morgan fingerprint density at radius 2 is 1.30 bits per heavy atom. The van der Waals surface area contributed by atoms with Gasteiger partial charge in [0.25, 0.3) is 0 Å². The van der Waals surface area contributed by atoms with Crippen LogP contribution in [0, 0.1) is 0 Å². The van der Waals surface area contributed by atoms with Crippen LogP contribution in [-0.4, -0.2) is 15.0 Å².